The molecule has 1 N–H and O–H groups in total. The van der Waals surface area contributed by atoms with Crippen LogP contribution in [0, 0.1) is 0 Å². The number of guanidine groups is 1. The minimum absolute atomic E-state index is 0. The molecular formula is C23H34IN7O2. The molecule has 1 aromatic carbocycles. The van der Waals surface area contributed by atoms with Crippen molar-refractivity contribution in [2.24, 2.45) is 12.0 Å². The number of nitrogens with one attached hydrogen (secondary N) is 1. The van der Waals surface area contributed by atoms with Gasteiger partial charge < -0.3 is 19.9 Å². The average molecular weight is 567 g/mol. The van der Waals surface area contributed by atoms with E-state index in [0.717, 1.165) is 63.1 Å². The van der Waals surface area contributed by atoms with Gasteiger partial charge >= 0.3 is 0 Å². The molecule has 0 atom stereocenters. The SMILES string of the molecule is CCNC(=NCc1ccc(CN2CCOCC2)cc1)N1CCN(c2cnn(C)c2)C(=O)C1.I. The molecule has 10 heteroatoms. The van der Waals surface area contributed by atoms with Crippen LogP contribution in [0.3, 0.4) is 0 Å². The number of aromatic nitrogens is 2. The topological polar surface area (TPSA) is 78.2 Å². The Morgan fingerprint density at radius 3 is 2.48 bits per heavy atom. The summed E-state index contributed by atoms with van der Waals surface area (Å²) in [5.41, 5.74) is 3.31. The maximum absolute atomic E-state index is 12.8. The van der Waals surface area contributed by atoms with Gasteiger partial charge in [0.15, 0.2) is 5.96 Å². The molecule has 1 aromatic heterocycles. The number of ether oxygens (including phenoxy) is 1. The maximum Gasteiger partial charge on any atom is 0.246 e. The molecule has 2 saturated heterocycles. The molecule has 0 unspecified atom stereocenters. The van der Waals surface area contributed by atoms with Crippen LogP contribution in [0.25, 0.3) is 0 Å². The quantitative estimate of drug-likeness (QED) is 0.326. The Hall–Kier alpha value is -2.18. The lowest BCUT2D eigenvalue weighted by molar-refractivity contribution is -0.120. The highest BCUT2D eigenvalue weighted by Gasteiger charge is 2.27. The molecule has 3 heterocycles. The number of aryl methyl sites for hydroxylation is 1. The Labute approximate surface area is 212 Å². The van der Waals surface area contributed by atoms with Crippen LogP contribution in [-0.4, -0.2) is 83.9 Å². The van der Waals surface area contributed by atoms with Crippen LogP contribution in [0.2, 0.25) is 0 Å². The van der Waals surface area contributed by atoms with Crippen molar-refractivity contribution in [1.82, 2.24) is 24.9 Å². The van der Waals surface area contributed by atoms with E-state index < -0.39 is 0 Å². The van der Waals surface area contributed by atoms with Crippen LogP contribution in [0.15, 0.2) is 41.7 Å². The summed E-state index contributed by atoms with van der Waals surface area (Å²) < 4.78 is 7.14. The number of rotatable bonds is 6. The van der Waals surface area contributed by atoms with Crippen molar-refractivity contribution in [1.29, 1.82) is 0 Å². The second-order valence-corrected chi connectivity index (χ2v) is 8.21. The third kappa shape index (κ3) is 6.90. The number of hydrogen-bond acceptors (Lipinski definition) is 5. The Kier molecular flexibility index (Phi) is 9.51. The van der Waals surface area contributed by atoms with Crippen LogP contribution >= 0.6 is 24.0 Å². The summed E-state index contributed by atoms with van der Waals surface area (Å²) in [5.74, 6) is 0.839. The molecule has 4 rings (SSSR count). The largest absolute Gasteiger partial charge is 0.379 e. The lowest BCUT2D eigenvalue weighted by Gasteiger charge is -2.35. The molecule has 0 aliphatic carbocycles. The average Bonchev–Trinajstić information content (AvgIpc) is 3.24. The number of amides is 1. The van der Waals surface area contributed by atoms with Crippen LogP contribution < -0.4 is 10.2 Å². The van der Waals surface area contributed by atoms with Crippen molar-refractivity contribution < 1.29 is 9.53 Å². The fraction of sp³-hybridized carbons (Fsp3) is 0.522. The van der Waals surface area contributed by atoms with E-state index >= 15 is 0 Å². The van der Waals surface area contributed by atoms with Crippen molar-refractivity contribution in [3.8, 4) is 0 Å². The van der Waals surface area contributed by atoms with Crippen molar-refractivity contribution in [3.63, 3.8) is 0 Å². The number of aliphatic imine (C=N–C) groups is 1. The molecule has 2 aliphatic heterocycles. The molecule has 180 valence electrons. The summed E-state index contributed by atoms with van der Waals surface area (Å²) >= 11 is 0. The Balaban J connectivity index is 0.00000306. The van der Waals surface area contributed by atoms with Crippen molar-refractivity contribution in [3.05, 3.63) is 47.8 Å². The highest BCUT2D eigenvalue weighted by atomic mass is 127. The third-order valence-corrected chi connectivity index (χ3v) is 5.80. The maximum atomic E-state index is 12.8. The van der Waals surface area contributed by atoms with Gasteiger partial charge in [0, 0.05) is 52.5 Å². The van der Waals surface area contributed by atoms with E-state index in [1.54, 1.807) is 15.8 Å². The zero-order chi connectivity index (χ0) is 22.3. The Morgan fingerprint density at radius 1 is 1.12 bits per heavy atom. The van der Waals surface area contributed by atoms with Crippen molar-refractivity contribution in [2.75, 3.05) is 57.4 Å². The van der Waals surface area contributed by atoms with Crippen molar-refractivity contribution >= 4 is 41.5 Å². The zero-order valence-corrected chi connectivity index (χ0v) is 21.8. The van der Waals surface area contributed by atoms with Gasteiger partial charge in [-0.3, -0.25) is 14.4 Å². The second-order valence-electron chi connectivity index (χ2n) is 8.21. The number of hydrogen-bond donors (Lipinski definition) is 1. The predicted molar refractivity (Wildman–Crippen MR) is 140 cm³/mol. The molecular weight excluding hydrogens is 533 g/mol. The normalized spacial score (nSPS) is 17.8. The van der Waals surface area contributed by atoms with Gasteiger partial charge in [0.1, 0.15) is 6.54 Å². The molecule has 9 nitrogen and oxygen atoms in total. The number of carbonyl (C=O) groups is 1. The second kappa shape index (κ2) is 12.3. The van der Waals surface area contributed by atoms with Gasteiger partial charge in [-0.05, 0) is 18.1 Å². The van der Waals surface area contributed by atoms with Gasteiger partial charge in [0.05, 0.1) is 31.6 Å². The van der Waals surface area contributed by atoms with E-state index in [-0.39, 0.29) is 29.9 Å². The summed E-state index contributed by atoms with van der Waals surface area (Å²) in [4.78, 5) is 23.8. The minimum Gasteiger partial charge on any atom is -0.379 e. The Bertz CT molecular complexity index is 925. The highest BCUT2D eigenvalue weighted by Crippen LogP contribution is 2.16. The van der Waals surface area contributed by atoms with Gasteiger partial charge in [0.2, 0.25) is 5.91 Å². The lowest BCUT2D eigenvalue weighted by Crippen LogP contribution is -2.55. The lowest BCUT2D eigenvalue weighted by atomic mass is 10.1. The first-order valence-electron chi connectivity index (χ1n) is 11.3. The summed E-state index contributed by atoms with van der Waals surface area (Å²) in [6.07, 6.45) is 3.60. The van der Waals surface area contributed by atoms with Gasteiger partial charge in [-0.25, -0.2) is 4.99 Å². The predicted octanol–water partition coefficient (Wildman–Crippen LogP) is 1.68. The van der Waals surface area contributed by atoms with Crippen molar-refractivity contribution in [2.45, 2.75) is 20.0 Å². The fourth-order valence-corrected chi connectivity index (χ4v) is 4.03. The molecule has 2 aliphatic rings. The monoisotopic (exact) mass is 567 g/mol. The van der Waals surface area contributed by atoms with Gasteiger partial charge in [-0.2, -0.15) is 5.10 Å². The third-order valence-electron chi connectivity index (χ3n) is 5.80. The number of nitrogens with zero attached hydrogens (tertiary/aromatic N) is 6. The highest BCUT2D eigenvalue weighted by molar-refractivity contribution is 14.0. The van der Waals surface area contributed by atoms with E-state index in [0.29, 0.717) is 19.6 Å². The first-order chi connectivity index (χ1) is 15.6. The number of morpholine rings is 1. The summed E-state index contributed by atoms with van der Waals surface area (Å²) in [6.45, 7) is 9.61. The molecule has 0 spiro atoms. The van der Waals surface area contributed by atoms with Gasteiger partial charge in [-0.15, -0.1) is 24.0 Å². The number of piperazine rings is 1. The number of carbonyl (C=O) groups excluding carboxylic acids is 1. The van der Waals surface area contributed by atoms with Gasteiger partial charge in [-0.1, -0.05) is 24.3 Å². The summed E-state index contributed by atoms with van der Waals surface area (Å²) in [6, 6.07) is 8.66. The number of halogens is 1. The van der Waals surface area contributed by atoms with E-state index in [9.17, 15) is 4.79 Å². The van der Waals surface area contributed by atoms with Crippen LogP contribution in [0.1, 0.15) is 18.1 Å². The first kappa shape index (κ1) is 25.4. The van der Waals surface area contributed by atoms with Crippen LogP contribution in [-0.2, 0) is 29.7 Å². The molecule has 33 heavy (non-hydrogen) atoms. The van der Waals surface area contributed by atoms with E-state index in [1.807, 2.05) is 25.1 Å². The number of benzene rings is 1. The molecule has 1 amide bonds. The standard InChI is InChI=1S/C23H33N7O2.HI/c1-3-24-23(29-8-9-30(22(31)18-29)21-15-26-27(2)17-21)25-14-19-4-6-20(7-5-19)16-28-10-12-32-13-11-28;/h4-7,15,17H,3,8-14,16,18H2,1-2H3,(H,24,25);1H. The molecule has 0 bridgehead atoms. The molecule has 0 saturated carbocycles. The summed E-state index contributed by atoms with van der Waals surface area (Å²) in [5, 5.41) is 7.51. The Morgan fingerprint density at radius 2 is 1.85 bits per heavy atom. The smallest absolute Gasteiger partial charge is 0.246 e. The zero-order valence-electron chi connectivity index (χ0n) is 19.4. The molecule has 2 fully saturated rings. The van der Waals surface area contributed by atoms with E-state index in [4.69, 9.17) is 9.73 Å². The number of anilines is 1. The molecule has 2 aromatic rings. The molecule has 0 radical (unpaired) electrons. The van der Waals surface area contributed by atoms with Gasteiger partial charge in [0.25, 0.3) is 0 Å². The van der Waals surface area contributed by atoms with E-state index in [1.165, 1.54) is 5.56 Å². The fourth-order valence-electron chi connectivity index (χ4n) is 4.03. The minimum atomic E-state index is 0. The first-order valence-corrected chi connectivity index (χ1v) is 11.3. The summed E-state index contributed by atoms with van der Waals surface area (Å²) in [7, 11) is 1.86. The van der Waals surface area contributed by atoms with Crippen LogP contribution in [0.4, 0.5) is 5.69 Å². The van der Waals surface area contributed by atoms with E-state index in [2.05, 4.69) is 39.6 Å². The van der Waals surface area contributed by atoms with Crippen LogP contribution in [0.5, 0.6) is 0 Å².